The Morgan fingerprint density at radius 3 is 2.71 bits per heavy atom. The smallest absolute Gasteiger partial charge is 0.0388 e. The van der Waals surface area contributed by atoms with Crippen LogP contribution in [0.3, 0.4) is 0 Å². The molecule has 1 heterocycles. The van der Waals surface area contributed by atoms with E-state index < -0.39 is 0 Å². The Balaban J connectivity index is 1.85. The first-order chi connectivity index (χ1) is 10.2. The third-order valence-electron chi connectivity index (χ3n) is 5.47. The molecule has 1 saturated carbocycles. The molecule has 1 aliphatic carbocycles. The molecule has 1 saturated heterocycles. The summed E-state index contributed by atoms with van der Waals surface area (Å²) < 4.78 is 0. The molecule has 1 aromatic rings. The van der Waals surface area contributed by atoms with Crippen molar-refractivity contribution in [3.8, 4) is 0 Å². The molecular formula is C19H30N2. The molecule has 0 aromatic heterocycles. The first-order valence-electron chi connectivity index (χ1n) is 8.66. The molecule has 2 nitrogen and oxygen atoms in total. The number of hydrogen-bond acceptors (Lipinski definition) is 2. The number of aryl methyl sites for hydroxylation is 1. The summed E-state index contributed by atoms with van der Waals surface area (Å²) in [7, 11) is 2.32. The SMILES string of the molecule is Cc1cccc(C2C(CNC3CC3)CCCCN2C)c1C. The fraction of sp³-hybridized carbons (Fsp3) is 0.684. The topological polar surface area (TPSA) is 15.3 Å². The lowest BCUT2D eigenvalue weighted by Crippen LogP contribution is -2.36. The van der Waals surface area contributed by atoms with E-state index >= 15 is 0 Å². The van der Waals surface area contributed by atoms with Crippen molar-refractivity contribution < 1.29 is 0 Å². The standard InChI is InChI=1S/C19H30N2/c1-14-7-6-9-18(15(14)2)19-16(13-20-17-10-11-17)8-4-5-12-21(19)3/h6-7,9,16-17,19-20H,4-5,8,10-13H2,1-3H3. The molecule has 0 spiro atoms. The molecule has 1 N–H and O–H groups in total. The van der Waals surface area contributed by atoms with Crippen molar-refractivity contribution in [2.45, 2.75) is 58.0 Å². The minimum Gasteiger partial charge on any atom is -0.314 e. The van der Waals surface area contributed by atoms with Gasteiger partial charge in [0.05, 0.1) is 0 Å². The van der Waals surface area contributed by atoms with Gasteiger partial charge in [-0.25, -0.2) is 0 Å². The van der Waals surface area contributed by atoms with Crippen LogP contribution in [0.15, 0.2) is 18.2 Å². The Labute approximate surface area is 129 Å². The van der Waals surface area contributed by atoms with Crippen molar-refractivity contribution in [1.29, 1.82) is 0 Å². The van der Waals surface area contributed by atoms with E-state index in [0.29, 0.717) is 6.04 Å². The highest BCUT2D eigenvalue weighted by molar-refractivity contribution is 5.36. The first-order valence-corrected chi connectivity index (χ1v) is 8.66. The maximum atomic E-state index is 3.78. The number of likely N-dealkylation sites (tertiary alicyclic amines) is 1. The number of nitrogens with zero attached hydrogens (tertiary/aromatic N) is 1. The van der Waals surface area contributed by atoms with E-state index in [1.165, 1.54) is 56.3 Å². The van der Waals surface area contributed by atoms with Gasteiger partial charge in [-0.1, -0.05) is 24.6 Å². The molecule has 21 heavy (non-hydrogen) atoms. The fourth-order valence-corrected chi connectivity index (χ4v) is 3.83. The summed E-state index contributed by atoms with van der Waals surface area (Å²) in [5.74, 6) is 0.749. The van der Waals surface area contributed by atoms with E-state index in [-0.39, 0.29) is 0 Å². The Morgan fingerprint density at radius 2 is 1.95 bits per heavy atom. The highest BCUT2D eigenvalue weighted by Crippen LogP contribution is 2.36. The largest absolute Gasteiger partial charge is 0.314 e. The minimum absolute atomic E-state index is 0.582. The van der Waals surface area contributed by atoms with E-state index in [9.17, 15) is 0 Å². The summed E-state index contributed by atoms with van der Waals surface area (Å²) in [5, 5.41) is 3.78. The molecule has 116 valence electrons. The Hall–Kier alpha value is -0.860. The summed E-state index contributed by atoms with van der Waals surface area (Å²) in [6.07, 6.45) is 6.86. The first kappa shape index (κ1) is 15.1. The highest BCUT2D eigenvalue weighted by atomic mass is 15.1. The van der Waals surface area contributed by atoms with Gasteiger partial charge in [-0.05, 0) is 75.7 Å². The van der Waals surface area contributed by atoms with Crippen LogP contribution in [0.1, 0.15) is 54.8 Å². The summed E-state index contributed by atoms with van der Waals surface area (Å²) in [4.78, 5) is 2.61. The Morgan fingerprint density at radius 1 is 1.14 bits per heavy atom. The van der Waals surface area contributed by atoms with Gasteiger partial charge >= 0.3 is 0 Å². The van der Waals surface area contributed by atoms with E-state index in [4.69, 9.17) is 0 Å². The van der Waals surface area contributed by atoms with Crippen LogP contribution in [0.5, 0.6) is 0 Å². The van der Waals surface area contributed by atoms with Crippen LogP contribution in [0.2, 0.25) is 0 Å². The van der Waals surface area contributed by atoms with Gasteiger partial charge in [-0.2, -0.15) is 0 Å². The molecule has 2 fully saturated rings. The number of rotatable bonds is 4. The van der Waals surface area contributed by atoms with Gasteiger partial charge in [-0.3, -0.25) is 4.90 Å². The maximum absolute atomic E-state index is 3.78. The zero-order chi connectivity index (χ0) is 14.8. The molecule has 1 aromatic carbocycles. The summed E-state index contributed by atoms with van der Waals surface area (Å²) in [6, 6.07) is 8.24. The minimum atomic E-state index is 0.582. The van der Waals surface area contributed by atoms with Crippen LogP contribution in [0.25, 0.3) is 0 Å². The van der Waals surface area contributed by atoms with Crippen molar-refractivity contribution in [2.75, 3.05) is 20.1 Å². The van der Waals surface area contributed by atoms with Gasteiger partial charge < -0.3 is 5.32 Å². The summed E-state index contributed by atoms with van der Waals surface area (Å²) in [6.45, 7) is 6.97. The van der Waals surface area contributed by atoms with Crippen molar-refractivity contribution in [3.05, 3.63) is 34.9 Å². The summed E-state index contributed by atoms with van der Waals surface area (Å²) in [5.41, 5.74) is 4.48. The molecule has 2 unspecified atom stereocenters. The van der Waals surface area contributed by atoms with Gasteiger partial charge in [0, 0.05) is 18.6 Å². The monoisotopic (exact) mass is 286 g/mol. The van der Waals surface area contributed by atoms with E-state index in [1.807, 2.05) is 0 Å². The maximum Gasteiger partial charge on any atom is 0.0388 e. The lowest BCUT2D eigenvalue weighted by molar-refractivity contribution is 0.188. The van der Waals surface area contributed by atoms with Crippen molar-refractivity contribution >= 4 is 0 Å². The predicted octanol–water partition coefficient (Wildman–Crippen LogP) is 3.83. The van der Waals surface area contributed by atoms with E-state index in [0.717, 1.165) is 12.0 Å². The lowest BCUT2D eigenvalue weighted by atomic mass is 9.86. The van der Waals surface area contributed by atoms with Crippen molar-refractivity contribution in [1.82, 2.24) is 10.2 Å². The quantitative estimate of drug-likeness (QED) is 0.905. The second-order valence-corrected chi connectivity index (χ2v) is 7.15. The molecule has 1 aliphatic heterocycles. The van der Waals surface area contributed by atoms with Gasteiger partial charge in [0.2, 0.25) is 0 Å². The van der Waals surface area contributed by atoms with Crippen LogP contribution in [-0.2, 0) is 0 Å². The van der Waals surface area contributed by atoms with Gasteiger partial charge in [0.25, 0.3) is 0 Å². The predicted molar refractivity (Wildman–Crippen MR) is 89.7 cm³/mol. The molecule has 0 amide bonds. The van der Waals surface area contributed by atoms with Crippen LogP contribution in [0.4, 0.5) is 0 Å². The molecule has 2 aliphatic rings. The number of benzene rings is 1. The second-order valence-electron chi connectivity index (χ2n) is 7.15. The van der Waals surface area contributed by atoms with Gasteiger partial charge in [0.1, 0.15) is 0 Å². The lowest BCUT2D eigenvalue weighted by Gasteiger charge is -2.34. The van der Waals surface area contributed by atoms with Crippen molar-refractivity contribution in [2.24, 2.45) is 5.92 Å². The molecule has 3 rings (SSSR count). The molecule has 0 radical (unpaired) electrons. The van der Waals surface area contributed by atoms with Crippen LogP contribution in [-0.4, -0.2) is 31.1 Å². The third-order valence-corrected chi connectivity index (χ3v) is 5.47. The van der Waals surface area contributed by atoms with E-state index in [1.54, 1.807) is 5.56 Å². The molecule has 2 heteroatoms. The molecular weight excluding hydrogens is 256 g/mol. The molecule has 2 atom stereocenters. The van der Waals surface area contributed by atoms with Crippen LogP contribution < -0.4 is 5.32 Å². The zero-order valence-corrected chi connectivity index (χ0v) is 13.9. The van der Waals surface area contributed by atoms with Gasteiger partial charge in [0.15, 0.2) is 0 Å². The normalized spacial score (nSPS) is 27.6. The Bertz CT molecular complexity index is 478. The fourth-order valence-electron chi connectivity index (χ4n) is 3.83. The number of hydrogen-bond donors (Lipinski definition) is 1. The zero-order valence-electron chi connectivity index (χ0n) is 13.9. The third kappa shape index (κ3) is 3.49. The van der Waals surface area contributed by atoms with E-state index in [2.05, 4.69) is 49.3 Å². The Kier molecular flexibility index (Phi) is 4.66. The van der Waals surface area contributed by atoms with Gasteiger partial charge in [-0.15, -0.1) is 0 Å². The second kappa shape index (κ2) is 6.50. The van der Waals surface area contributed by atoms with Crippen LogP contribution >= 0.6 is 0 Å². The summed E-state index contributed by atoms with van der Waals surface area (Å²) >= 11 is 0. The highest BCUT2D eigenvalue weighted by Gasteiger charge is 2.31. The average molecular weight is 286 g/mol. The van der Waals surface area contributed by atoms with Crippen LogP contribution in [0, 0.1) is 19.8 Å². The number of nitrogens with one attached hydrogen (secondary N) is 1. The molecule has 0 bridgehead atoms. The van der Waals surface area contributed by atoms with Crippen molar-refractivity contribution in [3.63, 3.8) is 0 Å². The average Bonchev–Trinajstić information content (AvgIpc) is 3.28.